The number of sulfonamides is 1. The van der Waals surface area contributed by atoms with Crippen molar-refractivity contribution in [2.45, 2.75) is 13.0 Å². The van der Waals surface area contributed by atoms with E-state index >= 15 is 0 Å². The Morgan fingerprint density at radius 3 is 2.44 bits per heavy atom. The van der Waals surface area contributed by atoms with Crippen molar-refractivity contribution in [3.63, 3.8) is 0 Å². The van der Waals surface area contributed by atoms with Crippen molar-refractivity contribution in [2.75, 3.05) is 23.7 Å². The number of ether oxygens (including phenoxy) is 1. The summed E-state index contributed by atoms with van der Waals surface area (Å²) in [6, 6.07) is 16.4. The maximum atomic E-state index is 12.1. The van der Waals surface area contributed by atoms with Crippen molar-refractivity contribution >= 4 is 15.7 Å². The molecule has 25 heavy (non-hydrogen) atoms. The minimum absolute atomic E-state index is 0.00609. The van der Waals surface area contributed by atoms with Crippen LogP contribution in [0.1, 0.15) is 17.5 Å². The van der Waals surface area contributed by atoms with Gasteiger partial charge in [-0.2, -0.15) is 0 Å². The van der Waals surface area contributed by atoms with Crippen molar-refractivity contribution in [2.24, 2.45) is 0 Å². The number of anilines is 1. The summed E-state index contributed by atoms with van der Waals surface area (Å²) in [5.41, 5.74) is 2.26. The van der Waals surface area contributed by atoms with Crippen molar-refractivity contribution in [1.82, 2.24) is 0 Å². The molecule has 0 aliphatic rings. The van der Waals surface area contributed by atoms with Gasteiger partial charge in [0.15, 0.2) is 0 Å². The molecule has 0 saturated carbocycles. The normalized spacial score (nSPS) is 10.8. The van der Waals surface area contributed by atoms with E-state index in [-0.39, 0.29) is 12.4 Å². The van der Waals surface area contributed by atoms with E-state index in [2.05, 4.69) is 16.6 Å². The molecular formula is C19H21NO4S. The second kappa shape index (κ2) is 9.84. The Balaban J connectivity index is 1.74. The Hall–Kier alpha value is -2.33. The van der Waals surface area contributed by atoms with Gasteiger partial charge < -0.3 is 9.84 Å². The summed E-state index contributed by atoms with van der Waals surface area (Å²) in [6.07, 6.45) is 0.419. The van der Waals surface area contributed by atoms with Gasteiger partial charge in [-0.15, -0.1) is 0 Å². The van der Waals surface area contributed by atoms with Crippen LogP contribution in [0, 0.1) is 11.8 Å². The first-order valence-corrected chi connectivity index (χ1v) is 9.56. The summed E-state index contributed by atoms with van der Waals surface area (Å²) < 4.78 is 32.1. The minimum atomic E-state index is -3.42. The van der Waals surface area contributed by atoms with Crippen LogP contribution in [0.5, 0.6) is 0 Å². The summed E-state index contributed by atoms with van der Waals surface area (Å²) in [5, 5.41) is 8.64. The van der Waals surface area contributed by atoms with E-state index in [1.54, 1.807) is 24.3 Å². The lowest BCUT2D eigenvalue weighted by Gasteiger charge is -2.08. The van der Waals surface area contributed by atoms with Crippen LogP contribution in [-0.2, 0) is 21.4 Å². The molecule has 0 amide bonds. The highest BCUT2D eigenvalue weighted by atomic mass is 32.2. The Morgan fingerprint density at radius 2 is 1.76 bits per heavy atom. The molecule has 0 aromatic heterocycles. The third kappa shape index (κ3) is 7.40. The number of hydrogen-bond donors (Lipinski definition) is 2. The molecule has 6 heteroatoms. The smallest absolute Gasteiger partial charge is 0.232 e. The fourth-order valence-corrected chi connectivity index (χ4v) is 3.20. The molecule has 0 unspecified atom stereocenters. The van der Waals surface area contributed by atoms with Gasteiger partial charge in [-0.1, -0.05) is 42.2 Å². The number of hydrogen-bond acceptors (Lipinski definition) is 4. The van der Waals surface area contributed by atoms with Crippen LogP contribution in [0.4, 0.5) is 5.69 Å². The molecule has 0 heterocycles. The van der Waals surface area contributed by atoms with Crippen molar-refractivity contribution in [3.8, 4) is 11.8 Å². The maximum absolute atomic E-state index is 12.1. The van der Waals surface area contributed by atoms with Crippen molar-refractivity contribution < 1.29 is 18.3 Å². The van der Waals surface area contributed by atoms with Crippen molar-refractivity contribution in [1.29, 1.82) is 0 Å². The van der Waals surface area contributed by atoms with E-state index in [0.29, 0.717) is 30.9 Å². The van der Waals surface area contributed by atoms with E-state index in [1.165, 1.54) is 0 Å². The van der Waals surface area contributed by atoms with Crippen LogP contribution in [0.25, 0.3) is 0 Å². The molecule has 0 fully saturated rings. The lowest BCUT2D eigenvalue weighted by molar-refractivity contribution is 0.122. The molecular weight excluding hydrogens is 338 g/mol. The Kier molecular flexibility index (Phi) is 7.48. The van der Waals surface area contributed by atoms with E-state index in [0.717, 1.165) is 5.56 Å². The molecule has 2 rings (SSSR count). The van der Waals surface area contributed by atoms with Crippen molar-refractivity contribution in [3.05, 3.63) is 65.7 Å². The van der Waals surface area contributed by atoms with Gasteiger partial charge in [0, 0.05) is 17.9 Å². The zero-order valence-corrected chi connectivity index (χ0v) is 14.6. The fraction of sp³-hybridized carbons (Fsp3) is 0.263. The minimum Gasteiger partial charge on any atom is -0.384 e. The van der Waals surface area contributed by atoms with Crippen LogP contribution < -0.4 is 4.72 Å². The molecule has 0 aliphatic heterocycles. The number of aliphatic hydroxyl groups is 1. The van der Waals surface area contributed by atoms with Gasteiger partial charge in [0.2, 0.25) is 10.0 Å². The zero-order valence-electron chi connectivity index (χ0n) is 13.8. The predicted molar refractivity (Wildman–Crippen MR) is 98.5 cm³/mol. The third-order valence-electron chi connectivity index (χ3n) is 3.28. The molecule has 2 aromatic carbocycles. The molecule has 2 N–H and O–H groups in total. The van der Waals surface area contributed by atoms with Crippen LogP contribution in [0.15, 0.2) is 54.6 Å². The van der Waals surface area contributed by atoms with E-state index in [9.17, 15) is 8.42 Å². The molecule has 0 radical (unpaired) electrons. The zero-order chi connectivity index (χ0) is 18.0. The standard InChI is InChI=1S/C19H21NO4S/c21-13-4-8-17-9-11-19(12-10-17)20-25(22,23)15-5-14-24-16-18-6-2-1-3-7-18/h1-3,6-7,9-12,20-21H,5,13-16H2. The second-order valence-corrected chi connectivity index (χ2v) is 7.19. The number of nitrogens with one attached hydrogen (secondary N) is 1. The monoisotopic (exact) mass is 359 g/mol. The Morgan fingerprint density at radius 1 is 1.04 bits per heavy atom. The first-order valence-electron chi connectivity index (χ1n) is 7.91. The third-order valence-corrected chi connectivity index (χ3v) is 4.66. The van der Waals surface area contributed by atoms with Gasteiger partial charge in [0.05, 0.1) is 12.4 Å². The Labute approximate surface area is 148 Å². The van der Waals surface area contributed by atoms with Gasteiger partial charge >= 0.3 is 0 Å². The molecule has 2 aromatic rings. The van der Waals surface area contributed by atoms with Crippen LogP contribution in [-0.4, -0.2) is 32.5 Å². The van der Waals surface area contributed by atoms with Gasteiger partial charge in [0.1, 0.15) is 6.61 Å². The number of benzene rings is 2. The maximum Gasteiger partial charge on any atom is 0.232 e. The van der Waals surface area contributed by atoms with Gasteiger partial charge in [-0.25, -0.2) is 8.42 Å². The molecule has 0 spiro atoms. The SMILES string of the molecule is O=S(=O)(CCCOCc1ccccc1)Nc1ccc(C#CCO)cc1. The molecule has 5 nitrogen and oxygen atoms in total. The molecule has 0 atom stereocenters. The van der Waals surface area contributed by atoms with Gasteiger partial charge in [0.25, 0.3) is 0 Å². The molecule has 0 saturated heterocycles. The van der Waals surface area contributed by atoms with E-state index < -0.39 is 10.0 Å². The average Bonchev–Trinajstić information content (AvgIpc) is 2.61. The largest absolute Gasteiger partial charge is 0.384 e. The predicted octanol–water partition coefficient (Wildman–Crippen LogP) is 2.38. The molecule has 132 valence electrons. The van der Waals surface area contributed by atoms with E-state index in [4.69, 9.17) is 9.84 Å². The van der Waals surface area contributed by atoms with Crippen LogP contribution >= 0.6 is 0 Å². The summed E-state index contributed by atoms with van der Waals surface area (Å²) in [4.78, 5) is 0. The summed E-state index contributed by atoms with van der Waals surface area (Å²) in [7, 11) is -3.42. The Bertz CT molecular complexity index is 806. The first-order chi connectivity index (χ1) is 12.1. The highest BCUT2D eigenvalue weighted by Gasteiger charge is 2.10. The summed E-state index contributed by atoms with van der Waals surface area (Å²) in [6.45, 7) is 0.650. The van der Waals surface area contributed by atoms with Gasteiger partial charge in [-0.3, -0.25) is 4.72 Å². The molecule has 0 aliphatic carbocycles. The number of aliphatic hydroxyl groups excluding tert-OH is 1. The highest BCUT2D eigenvalue weighted by Crippen LogP contribution is 2.11. The second-order valence-electron chi connectivity index (χ2n) is 5.35. The average molecular weight is 359 g/mol. The summed E-state index contributed by atoms with van der Waals surface area (Å²) >= 11 is 0. The van der Waals surface area contributed by atoms with E-state index in [1.807, 2.05) is 30.3 Å². The lowest BCUT2D eigenvalue weighted by Crippen LogP contribution is -2.17. The van der Waals surface area contributed by atoms with Crippen LogP contribution in [0.2, 0.25) is 0 Å². The first kappa shape index (κ1) is 19.0. The highest BCUT2D eigenvalue weighted by molar-refractivity contribution is 7.92. The lowest BCUT2D eigenvalue weighted by atomic mass is 10.2. The fourth-order valence-electron chi connectivity index (χ4n) is 2.11. The molecule has 0 bridgehead atoms. The van der Waals surface area contributed by atoms with Gasteiger partial charge in [-0.05, 0) is 36.2 Å². The number of rotatable bonds is 8. The van der Waals surface area contributed by atoms with Crippen LogP contribution in [0.3, 0.4) is 0 Å². The quantitative estimate of drug-likeness (QED) is 0.560. The summed E-state index contributed by atoms with van der Waals surface area (Å²) in [5.74, 6) is 5.28. The topological polar surface area (TPSA) is 75.6 Å².